The fourth-order valence-electron chi connectivity index (χ4n) is 2.07. The van der Waals surface area contributed by atoms with Crippen molar-refractivity contribution in [1.82, 2.24) is 25.2 Å². The van der Waals surface area contributed by atoms with E-state index in [0.717, 1.165) is 19.6 Å². The molecule has 1 aromatic heterocycles. The van der Waals surface area contributed by atoms with E-state index in [1.165, 1.54) is 12.8 Å². The quantitative estimate of drug-likeness (QED) is 0.682. The summed E-state index contributed by atoms with van der Waals surface area (Å²) >= 11 is 0. The summed E-state index contributed by atoms with van der Waals surface area (Å²) in [4.78, 5) is 14.1. The van der Waals surface area contributed by atoms with Crippen LogP contribution >= 0.6 is 0 Å². The SMILES string of the molecule is NCCn1cc(C(=O)NCCN2CCCC2)nn1. The van der Waals surface area contributed by atoms with Crippen LogP contribution in [0.2, 0.25) is 0 Å². The molecule has 7 heteroatoms. The van der Waals surface area contributed by atoms with Crippen molar-refractivity contribution < 1.29 is 4.79 Å². The minimum Gasteiger partial charge on any atom is -0.349 e. The Balaban J connectivity index is 1.72. The lowest BCUT2D eigenvalue weighted by Gasteiger charge is -2.14. The van der Waals surface area contributed by atoms with E-state index in [9.17, 15) is 4.79 Å². The number of nitrogens with two attached hydrogens (primary N) is 1. The first-order valence-corrected chi connectivity index (χ1v) is 6.40. The smallest absolute Gasteiger partial charge is 0.273 e. The summed E-state index contributed by atoms with van der Waals surface area (Å²) in [5, 5.41) is 10.5. The fraction of sp³-hybridized carbons (Fsp3) is 0.727. The number of hydrogen-bond acceptors (Lipinski definition) is 5. The summed E-state index contributed by atoms with van der Waals surface area (Å²) in [6.45, 7) is 4.91. The number of aromatic nitrogens is 3. The lowest BCUT2D eigenvalue weighted by Crippen LogP contribution is -2.33. The molecule has 100 valence electrons. The van der Waals surface area contributed by atoms with Crippen molar-refractivity contribution in [3.8, 4) is 0 Å². The van der Waals surface area contributed by atoms with Gasteiger partial charge in [-0.05, 0) is 25.9 Å². The van der Waals surface area contributed by atoms with Crippen molar-refractivity contribution in [2.75, 3.05) is 32.7 Å². The summed E-state index contributed by atoms with van der Waals surface area (Å²) < 4.78 is 1.58. The van der Waals surface area contributed by atoms with Crippen LogP contribution in [0, 0.1) is 0 Å². The number of likely N-dealkylation sites (tertiary alicyclic amines) is 1. The van der Waals surface area contributed by atoms with Crippen molar-refractivity contribution >= 4 is 5.91 Å². The van der Waals surface area contributed by atoms with E-state index >= 15 is 0 Å². The second kappa shape index (κ2) is 6.46. The molecule has 7 nitrogen and oxygen atoms in total. The van der Waals surface area contributed by atoms with E-state index < -0.39 is 0 Å². The van der Waals surface area contributed by atoms with Crippen LogP contribution in [0.15, 0.2) is 6.20 Å². The monoisotopic (exact) mass is 252 g/mol. The van der Waals surface area contributed by atoms with Crippen molar-refractivity contribution in [3.63, 3.8) is 0 Å². The minimum absolute atomic E-state index is 0.169. The zero-order valence-electron chi connectivity index (χ0n) is 10.5. The molecule has 0 radical (unpaired) electrons. The van der Waals surface area contributed by atoms with Gasteiger partial charge in [-0.25, -0.2) is 0 Å². The standard InChI is InChI=1S/C11H20N6O/c12-3-7-17-9-10(14-15-17)11(18)13-4-8-16-5-1-2-6-16/h9H,1-8,12H2,(H,13,18). The van der Waals surface area contributed by atoms with E-state index in [1.807, 2.05) is 0 Å². The molecule has 0 bridgehead atoms. The first kappa shape index (κ1) is 13.0. The highest BCUT2D eigenvalue weighted by Crippen LogP contribution is 2.05. The molecule has 2 rings (SSSR count). The summed E-state index contributed by atoms with van der Waals surface area (Å²) in [5.41, 5.74) is 5.75. The third-order valence-electron chi connectivity index (χ3n) is 3.04. The predicted octanol–water partition coefficient (Wildman–Crippen LogP) is -0.938. The van der Waals surface area contributed by atoms with Gasteiger partial charge in [0.15, 0.2) is 5.69 Å². The Labute approximate surface area is 106 Å². The fourth-order valence-corrected chi connectivity index (χ4v) is 2.07. The van der Waals surface area contributed by atoms with Gasteiger partial charge in [-0.3, -0.25) is 9.48 Å². The zero-order valence-corrected chi connectivity index (χ0v) is 10.5. The average molecular weight is 252 g/mol. The van der Waals surface area contributed by atoms with Gasteiger partial charge >= 0.3 is 0 Å². The van der Waals surface area contributed by atoms with Crippen molar-refractivity contribution in [2.45, 2.75) is 19.4 Å². The third kappa shape index (κ3) is 3.51. The number of amides is 1. The molecular weight excluding hydrogens is 232 g/mol. The van der Waals surface area contributed by atoms with Gasteiger partial charge < -0.3 is 16.0 Å². The van der Waals surface area contributed by atoms with Crippen LogP contribution in [0.3, 0.4) is 0 Å². The second-order valence-electron chi connectivity index (χ2n) is 4.46. The molecule has 3 N–H and O–H groups in total. The van der Waals surface area contributed by atoms with Gasteiger partial charge in [0.1, 0.15) is 0 Å². The lowest BCUT2D eigenvalue weighted by molar-refractivity contribution is 0.0944. The maximum absolute atomic E-state index is 11.8. The van der Waals surface area contributed by atoms with Gasteiger partial charge in [-0.1, -0.05) is 5.21 Å². The van der Waals surface area contributed by atoms with E-state index in [0.29, 0.717) is 25.3 Å². The Morgan fingerprint density at radius 3 is 2.89 bits per heavy atom. The third-order valence-corrected chi connectivity index (χ3v) is 3.04. The maximum Gasteiger partial charge on any atom is 0.273 e. The molecule has 1 aliphatic heterocycles. The van der Waals surface area contributed by atoms with Crippen LogP contribution in [-0.4, -0.2) is 58.5 Å². The lowest BCUT2D eigenvalue weighted by atomic mass is 10.4. The molecule has 0 unspecified atom stereocenters. The number of nitrogens with zero attached hydrogens (tertiary/aromatic N) is 4. The van der Waals surface area contributed by atoms with Crippen LogP contribution in [-0.2, 0) is 6.54 Å². The van der Waals surface area contributed by atoms with Crippen LogP contribution in [0.4, 0.5) is 0 Å². The highest BCUT2D eigenvalue weighted by atomic mass is 16.2. The molecule has 0 atom stereocenters. The largest absolute Gasteiger partial charge is 0.349 e. The molecule has 1 aliphatic rings. The van der Waals surface area contributed by atoms with E-state index in [4.69, 9.17) is 5.73 Å². The number of nitrogens with one attached hydrogen (secondary N) is 1. The summed E-state index contributed by atoms with van der Waals surface area (Å²) in [5.74, 6) is -0.169. The zero-order chi connectivity index (χ0) is 12.8. The first-order chi connectivity index (χ1) is 8.79. The molecule has 18 heavy (non-hydrogen) atoms. The Morgan fingerprint density at radius 2 is 2.17 bits per heavy atom. The van der Waals surface area contributed by atoms with E-state index in [1.54, 1.807) is 10.9 Å². The van der Waals surface area contributed by atoms with Gasteiger partial charge in [0.25, 0.3) is 5.91 Å². The van der Waals surface area contributed by atoms with Crippen LogP contribution in [0.1, 0.15) is 23.3 Å². The Morgan fingerprint density at radius 1 is 1.39 bits per heavy atom. The molecular formula is C11H20N6O. The minimum atomic E-state index is -0.169. The number of carbonyl (C=O) groups excluding carboxylic acids is 1. The molecule has 1 saturated heterocycles. The average Bonchev–Trinajstić information content (AvgIpc) is 3.00. The number of hydrogen-bond donors (Lipinski definition) is 2. The summed E-state index contributed by atoms with van der Waals surface area (Å²) in [6.07, 6.45) is 4.15. The van der Waals surface area contributed by atoms with E-state index in [2.05, 4.69) is 20.5 Å². The first-order valence-electron chi connectivity index (χ1n) is 6.40. The van der Waals surface area contributed by atoms with Gasteiger partial charge in [0, 0.05) is 19.6 Å². The maximum atomic E-state index is 11.8. The molecule has 0 aromatic carbocycles. The molecule has 1 aromatic rings. The normalized spacial score (nSPS) is 16.1. The Hall–Kier alpha value is -1.47. The molecule has 0 aliphatic carbocycles. The second-order valence-corrected chi connectivity index (χ2v) is 4.46. The van der Waals surface area contributed by atoms with Gasteiger partial charge in [0.2, 0.25) is 0 Å². The van der Waals surface area contributed by atoms with Crippen molar-refractivity contribution in [1.29, 1.82) is 0 Å². The van der Waals surface area contributed by atoms with Gasteiger partial charge in [-0.2, -0.15) is 0 Å². The van der Waals surface area contributed by atoms with Gasteiger partial charge in [-0.15, -0.1) is 5.10 Å². The van der Waals surface area contributed by atoms with Crippen molar-refractivity contribution in [3.05, 3.63) is 11.9 Å². The highest BCUT2D eigenvalue weighted by molar-refractivity contribution is 5.91. The van der Waals surface area contributed by atoms with Crippen LogP contribution in [0.25, 0.3) is 0 Å². The summed E-state index contributed by atoms with van der Waals surface area (Å²) in [6, 6.07) is 0. The molecule has 1 amide bonds. The molecule has 2 heterocycles. The van der Waals surface area contributed by atoms with Gasteiger partial charge in [0.05, 0.1) is 12.7 Å². The molecule has 0 saturated carbocycles. The molecule has 0 spiro atoms. The summed E-state index contributed by atoms with van der Waals surface area (Å²) in [7, 11) is 0. The number of rotatable bonds is 6. The number of carbonyl (C=O) groups is 1. The Bertz CT molecular complexity index is 385. The van der Waals surface area contributed by atoms with Crippen molar-refractivity contribution in [2.24, 2.45) is 5.73 Å². The Kier molecular flexibility index (Phi) is 4.66. The van der Waals surface area contributed by atoms with Crippen LogP contribution < -0.4 is 11.1 Å². The predicted molar refractivity (Wildman–Crippen MR) is 67.1 cm³/mol. The van der Waals surface area contributed by atoms with E-state index in [-0.39, 0.29) is 5.91 Å². The topological polar surface area (TPSA) is 89.1 Å². The van der Waals surface area contributed by atoms with Crippen LogP contribution in [0.5, 0.6) is 0 Å². The highest BCUT2D eigenvalue weighted by Gasteiger charge is 2.13. The molecule has 1 fully saturated rings.